The Labute approximate surface area is 182 Å². The molecule has 1 fully saturated rings. The summed E-state index contributed by atoms with van der Waals surface area (Å²) >= 11 is 0. The van der Waals surface area contributed by atoms with Gasteiger partial charge in [-0.05, 0) is 36.6 Å². The average Bonchev–Trinajstić information content (AvgIpc) is 3.30. The molecule has 2 amide bonds. The lowest BCUT2D eigenvalue weighted by atomic mass is 9.82. The molecule has 0 saturated carbocycles. The Kier molecular flexibility index (Phi) is 5.94. The molecule has 6 nitrogen and oxygen atoms in total. The van der Waals surface area contributed by atoms with Gasteiger partial charge in [-0.25, -0.2) is 0 Å². The van der Waals surface area contributed by atoms with E-state index in [0.717, 1.165) is 12.0 Å². The van der Waals surface area contributed by atoms with Crippen LogP contribution in [-0.4, -0.2) is 35.2 Å². The molecule has 0 aromatic heterocycles. The summed E-state index contributed by atoms with van der Waals surface area (Å²) in [6.45, 7) is 2.80. The summed E-state index contributed by atoms with van der Waals surface area (Å²) < 4.78 is 0. The van der Waals surface area contributed by atoms with Gasteiger partial charge >= 0.3 is 0 Å². The normalized spacial score (nSPS) is 21.9. The number of amides is 2. The Morgan fingerprint density at radius 1 is 1.16 bits per heavy atom. The summed E-state index contributed by atoms with van der Waals surface area (Å²) in [6, 6.07) is 15.1. The van der Waals surface area contributed by atoms with Gasteiger partial charge in [0.25, 0.3) is 5.91 Å². The molecule has 0 aliphatic carbocycles. The van der Waals surface area contributed by atoms with Gasteiger partial charge in [-0.3, -0.25) is 9.59 Å². The lowest BCUT2D eigenvalue weighted by Crippen LogP contribution is -2.44. The second kappa shape index (κ2) is 8.65. The molecule has 2 aliphatic heterocycles. The van der Waals surface area contributed by atoms with E-state index in [-0.39, 0.29) is 18.4 Å². The fraction of sp³-hybridized carbons (Fsp3) is 0.360. The van der Waals surface area contributed by atoms with Gasteiger partial charge in [0.15, 0.2) is 5.60 Å². The lowest BCUT2D eigenvalue weighted by Gasteiger charge is -2.28. The van der Waals surface area contributed by atoms with Crippen molar-refractivity contribution in [3.8, 4) is 0 Å². The van der Waals surface area contributed by atoms with Crippen molar-refractivity contribution in [1.29, 1.82) is 0 Å². The van der Waals surface area contributed by atoms with Crippen molar-refractivity contribution in [2.75, 3.05) is 23.0 Å². The van der Waals surface area contributed by atoms with Gasteiger partial charge < -0.3 is 20.0 Å². The second-order valence-corrected chi connectivity index (χ2v) is 8.22. The maximum atomic E-state index is 13.6. The summed E-state index contributed by atoms with van der Waals surface area (Å²) in [7, 11) is 0. The molecule has 2 aromatic rings. The first-order valence-electron chi connectivity index (χ1n) is 10.8. The Balaban J connectivity index is 1.77. The topological polar surface area (TPSA) is 81.1 Å². The lowest BCUT2D eigenvalue weighted by molar-refractivity contribution is -0.139. The van der Waals surface area contributed by atoms with Crippen LogP contribution in [0, 0.1) is 5.92 Å². The quantitative estimate of drug-likeness (QED) is 0.675. The predicted molar refractivity (Wildman–Crippen MR) is 120 cm³/mol. The van der Waals surface area contributed by atoms with Crippen molar-refractivity contribution in [2.45, 2.75) is 38.3 Å². The van der Waals surface area contributed by atoms with Crippen molar-refractivity contribution >= 4 is 23.2 Å². The monoisotopic (exact) mass is 420 g/mol. The van der Waals surface area contributed by atoms with E-state index < -0.39 is 11.5 Å². The van der Waals surface area contributed by atoms with Crippen molar-refractivity contribution in [1.82, 2.24) is 0 Å². The van der Waals surface area contributed by atoms with Gasteiger partial charge in [0.2, 0.25) is 5.91 Å². The molecule has 0 bridgehead atoms. The largest absolute Gasteiger partial charge is 0.396 e. The first-order valence-corrected chi connectivity index (χ1v) is 10.8. The van der Waals surface area contributed by atoms with Crippen molar-refractivity contribution in [3.05, 3.63) is 71.8 Å². The van der Waals surface area contributed by atoms with E-state index in [0.29, 0.717) is 42.9 Å². The van der Waals surface area contributed by atoms with Crippen LogP contribution < -0.4 is 9.80 Å². The van der Waals surface area contributed by atoms with Crippen LogP contribution in [0.5, 0.6) is 0 Å². The molecule has 2 aliphatic rings. The van der Waals surface area contributed by atoms with E-state index in [2.05, 4.69) is 0 Å². The molecule has 2 heterocycles. The average molecular weight is 421 g/mol. The fourth-order valence-corrected chi connectivity index (χ4v) is 4.46. The summed E-state index contributed by atoms with van der Waals surface area (Å²) in [5, 5.41) is 20.8. The second-order valence-electron chi connectivity index (χ2n) is 8.22. The molecule has 162 valence electrons. The number of rotatable bonds is 7. The number of aliphatic hydroxyl groups is 2. The Morgan fingerprint density at radius 3 is 2.61 bits per heavy atom. The minimum Gasteiger partial charge on any atom is -0.396 e. The highest BCUT2D eigenvalue weighted by atomic mass is 16.3. The number of benzene rings is 2. The number of nitrogens with zero attached hydrogens (tertiary/aromatic N) is 2. The third-order valence-electron chi connectivity index (χ3n) is 6.20. The van der Waals surface area contributed by atoms with Crippen LogP contribution in [-0.2, 0) is 21.7 Å². The first-order chi connectivity index (χ1) is 15.0. The highest BCUT2D eigenvalue weighted by Gasteiger charge is 2.52. The molecule has 2 atom stereocenters. The van der Waals surface area contributed by atoms with Crippen molar-refractivity contribution in [3.63, 3.8) is 0 Å². The van der Waals surface area contributed by atoms with E-state index in [1.165, 1.54) is 0 Å². The molecule has 6 heteroatoms. The molecule has 1 saturated heterocycles. The number of hydrogen-bond donors (Lipinski definition) is 2. The van der Waals surface area contributed by atoms with Gasteiger partial charge in [0.1, 0.15) is 0 Å². The molecule has 4 rings (SSSR count). The van der Waals surface area contributed by atoms with Gasteiger partial charge in [-0.1, -0.05) is 49.4 Å². The zero-order valence-electron chi connectivity index (χ0n) is 17.7. The van der Waals surface area contributed by atoms with Crippen LogP contribution in [0.2, 0.25) is 0 Å². The molecular weight excluding hydrogens is 392 g/mol. The zero-order valence-corrected chi connectivity index (χ0v) is 17.7. The van der Waals surface area contributed by atoms with E-state index in [1.54, 1.807) is 34.9 Å². The van der Waals surface area contributed by atoms with Crippen LogP contribution in [0.15, 0.2) is 60.7 Å². The van der Waals surface area contributed by atoms with Crippen molar-refractivity contribution < 1.29 is 19.8 Å². The van der Waals surface area contributed by atoms with Crippen LogP contribution in [0.3, 0.4) is 0 Å². The molecule has 2 aromatic carbocycles. The third-order valence-corrected chi connectivity index (χ3v) is 6.20. The molecule has 0 unspecified atom stereocenters. The SMILES string of the molecule is C[C@@H](/C=C/CCO)[C@]1(O)C(=O)N(Cc2ccccc2)c2ccc(N3CCCC3=O)cc21. The number of hydrogen-bond acceptors (Lipinski definition) is 4. The van der Waals surface area contributed by atoms with E-state index in [4.69, 9.17) is 5.11 Å². The minimum absolute atomic E-state index is 0.00747. The smallest absolute Gasteiger partial charge is 0.264 e. The van der Waals surface area contributed by atoms with Crippen LogP contribution in [0.4, 0.5) is 11.4 Å². The summed E-state index contributed by atoms with van der Waals surface area (Å²) in [5.74, 6) is -0.821. The molecule has 31 heavy (non-hydrogen) atoms. The Bertz CT molecular complexity index is 1000. The van der Waals surface area contributed by atoms with E-state index in [1.807, 2.05) is 42.5 Å². The minimum atomic E-state index is -1.74. The van der Waals surface area contributed by atoms with Crippen LogP contribution in [0.1, 0.15) is 37.3 Å². The number of fused-ring (bicyclic) bond motifs is 1. The van der Waals surface area contributed by atoms with Gasteiger partial charge in [-0.15, -0.1) is 0 Å². The number of aliphatic hydroxyl groups excluding tert-OH is 1. The van der Waals surface area contributed by atoms with Gasteiger partial charge in [0, 0.05) is 36.7 Å². The standard InChI is InChI=1S/C25H28N2O4/c1-18(8-5-6-15-28)25(31)21-16-20(26-14-7-11-23(26)29)12-13-22(21)27(24(25)30)17-19-9-3-2-4-10-19/h2-5,8-10,12-13,16,18,28,31H,6-7,11,14-15,17H2,1H3/b8-5+/t18-,25+/m0/s1. The number of carbonyl (C=O) groups is 2. The maximum Gasteiger partial charge on any atom is 0.264 e. The first kappa shape index (κ1) is 21.3. The van der Waals surface area contributed by atoms with Gasteiger partial charge in [0.05, 0.1) is 12.2 Å². The highest BCUT2D eigenvalue weighted by molar-refractivity contribution is 6.08. The molecule has 2 N–H and O–H groups in total. The third kappa shape index (κ3) is 3.77. The fourth-order valence-electron chi connectivity index (χ4n) is 4.46. The molecular formula is C25H28N2O4. The summed E-state index contributed by atoms with van der Waals surface area (Å²) in [4.78, 5) is 29.2. The number of anilines is 2. The predicted octanol–water partition coefficient (Wildman–Crippen LogP) is 3.12. The highest BCUT2D eigenvalue weighted by Crippen LogP contribution is 2.47. The van der Waals surface area contributed by atoms with Crippen LogP contribution >= 0.6 is 0 Å². The number of carbonyl (C=O) groups excluding carboxylic acids is 2. The summed E-state index contributed by atoms with van der Waals surface area (Å²) in [5.41, 5.74) is 1.12. The van der Waals surface area contributed by atoms with Gasteiger partial charge in [-0.2, -0.15) is 0 Å². The zero-order chi connectivity index (χ0) is 22.0. The van der Waals surface area contributed by atoms with Crippen molar-refractivity contribution in [2.24, 2.45) is 5.92 Å². The molecule has 0 radical (unpaired) electrons. The summed E-state index contributed by atoms with van der Waals surface area (Å²) in [6.07, 6.45) is 5.33. The van der Waals surface area contributed by atoms with E-state index in [9.17, 15) is 14.7 Å². The van der Waals surface area contributed by atoms with Crippen LogP contribution in [0.25, 0.3) is 0 Å². The Morgan fingerprint density at radius 2 is 1.94 bits per heavy atom. The Hall–Kier alpha value is -2.96. The maximum absolute atomic E-state index is 13.6. The molecule has 0 spiro atoms. The van der Waals surface area contributed by atoms with E-state index >= 15 is 0 Å².